The molecule has 0 fully saturated rings. The molecule has 0 aliphatic carbocycles. The molecule has 1 atom stereocenters. The quantitative estimate of drug-likeness (QED) is 0.677. The molecule has 0 spiro atoms. The van der Waals surface area contributed by atoms with Gasteiger partial charge < -0.3 is 10.6 Å². The zero-order valence-corrected chi connectivity index (χ0v) is 11.1. The number of guanidine groups is 1. The lowest BCUT2D eigenvalue weighted by molar-refractivity contribution is 0.268. The second-order valence-electron chi connectivity index (χ2n) is 5.06. The number of hydrogen-bond donors (Lipinski definition) is 1. The molecule has 1 aliphatic heterocycles. The van der Waals surface area contributed by atoms with Gasteiger partial charge in [-0.15, -0.1) is 0 Å². The van der Waals surface area contributed by atoms with Crippen LogP contribution >= 0.6 is 0 Å². The van der Waals surface area contributed by atoms with E-state index in [2.05, 4.69) is 30.7 Å². The first-order valence-corrected chi connectivity index (χ1v) is 6.75. The zero-order chi connectivity index (χ0) is 12.0. The topological polar surface area (TPSA) is 41.6 Å². The SMILES string of the molecule is CCCCCCCC1CN=C(N)N1C(C)C. The lowest BCUT2D eigenvalue weighted by Gasteiger charge is -2.30. The molecule has 1 aliphatic rings. The summed E-state index contributed by atoms with van der Waals surface area (Å²) in [7, 11) is 0. The van der Waals surface area contributed by atoms with E-state index in [0.29, 0.717) is 12.1 Å². The molecule has 1 heterocycles. The lowest BCUT2D eigenvalue weighted by Crippen LogP contribution is -2.45. The Hall–Kier alpha value is -0.730. The van der Waals surface area contributed by atoms with Gasteiger partial charge in [0.2, 0.25) is 0 Å². The van der Waals surface area contributed by atoms with Crippen LogP contribution in [0.5, 0.6) is 0 Å². The maximum Gasteiger partial charge on any atom is 0.191 e. The Morgan fingerprint density at radius 3 is 2.62 bits per heavy atom. The van der Waals surface area contributed by atoms with Gasteiger partial charge in [-0.2, -0.15) is 0 Å². The Balaban J connectivity index is 2.22. The summed E-state index contributed by atoms with van der Waals surface area (Å²) < 4.78 is 0. The van der Waals surface area contributed by atoms with Crippen molar-refractivity contribution in [3.63, 3.8) is 0 Å². The van der Waals surface area contributed by atoms with Crippen LogP contribution in [0.25, 0.3) is 0 Å². The van der Waals surface area contributed by atoms with Crippen LogP contribution < -0.4 is 5.73 Å². The van der Waals surface area contributed by atoms with Crippen LogP contribution in [0, 0.1) is 0 Å². The molecule has 0 bridgehead atoms. The lowest BCUT2D eigenvalue weighted by atomic mass is 10.1. The van der Waals surface area contributed by atoms with Gasteiger partial charge in [0, 0.05) is 6.04 Å². The standard InChI is InChI=1S/C13H27N3/c1-4-5-6-7-8-9-12-10-15-13(14)16(12)11(2)3/h11-12H,4-10H2,1-3H3,(H2,14,15). The van der Waals surface area contributed by atoms with Crippen LogP contribution in [-0.2, 0) is 0 Å². The highest BCUT2D eigenvalue weighted by Crippen LogP contribution is 2.18. The largest absolute Gasteiger partial charge is 0.370 e. The van der Waals surface area contributed by atoms with Gasteiger partial charge in [0.05, 0.1) is 12.6 Å². The second-order valence-corrected chi connectivity index (χ2v) is 5.06. The number of rotatable bonds is 7. The van der Waals surface area contributed by atoms with Gasteiger partial charge in [-0.05, 0) is 20.3 Å². The van der Waals surface area contributed by atoms with Crippen molar-refractivity contribution < 1.29 is 0 Å². The van der Waals surface area contributed by atoms with Gasteiger partial charge in [-0.1, -0.05) is 39.0 Å². The summed E-state index contributed by atoms with van der Waals surface area (Å²) in [4.78, 5) is 6.63. The molecule has 0 aromatic heterocycles. The minimum atomic E-state index is 0.479. The van der Waals surface area contributed by atoms with E-state index in [0.717, 1.165) is 12.5 Å². The predicted octanol–water partition coefficient (Wildman–Crippen LogP) is 2.75. The second kappa shape index (κ2) is 6.77. The number of aliphatic imine (C=N–C) groups is 1. The van der Waals surface area contributed by atoms with E-state index < -0.39 is 0 Å². The summed E-state index contributed by atoms with van der Waals surface area (Å²) in [6.07, 6.45) is 7.98. The maximum atomic E-state index is 5.90. The average Bonchev–Trinajstić information content (AvgIpc) is 2.59. The van der Waals surface area contributed by atoms with Crippen LogP contribution in [-0.4, -0.2) is 29.5 Å². The Morgan fingerprint density at radius 2 is 2.00 bits per heavy atom. The average molecular weight is 225 g/mol. The molecule has 0 aromatic rings. The molecule has 1 rings (SSSR count). The molecule has 0 aromatic carbocycles. The van der Waals surface area contributed by atoms with Crippen molar-refractivity contribution in [1.82, 2.24) is 4.90 Å². The molecular formula is C13H27N3. The van der Waals surface area contributed by atoms with Gasteiger partial charge in [-0.3, -0.25) is 4.99 Å². The van der Waals surface area contributed by atoms with E-state index in [1.165, 1.54) is 38.5 Å². The van der Waals surface area contributed by atoms with Crippen molar-refractivity contribution in [3.8, 4) is 0 Å². The van der Waals surface area contributed by atoms with Gasteiger partial charge in [0.15, 0.2) is 5.96 Å². The highest BCUT2D eigenvalue weighted by Gasteiger charge is 2.27. The van der Waals surface area contributed by atoms with E-state index in [1.807, 2.05) is 0 Å². The summed E-state index contributed by atoms with van der Waals surface area (Å²) in [5.74, 6) is 0.744. The summed E-state index contributed by atoms with van der Waals surface area (Å²) >= 11 is 0. The van der Waals surface area contributed by atoms with Gasteiger partial charge in [0.25, 0.3) is 0 Å². The van der Waals surface area contributed by atoms with Crippen LogP contribution in [0.15, 0.2) is 4.99 Å². The van der Waals surface area contributed by atoms with Crippen molar-refractivity contribution >= 4 is 5.96 Å². The summed E-state index contributed by atoms with van der Waals surface area (Å²) in [5, 5.41) is 0. The van der Waals surface area contributed by atoms with E-state index >= 15 is 0 Å². The van der Waals surface area contributed by atoms with Crippen LogP contribution in [0.4, 0.5) is 0 Å². The molecule has 2 N–H and O–H groups in total. The predicted molar refractivity (Wildman–Crippen MR) is 70.6 cm³/mol. The van der Waals surface area contributed by atoms with Gasteiger partial charge in [-0.25, -0.2) is 0 Å². The maximum absolute atomic E-state index is 5.90. The Kier molecular flexibility index (Phi) is 5.64. The third kappa shape index (κ3) is 3.69. The highest BCUT2D eigenvalue weighted by molar-refractivity contribution is 5.80. The minimum Gasteiger partial charge on any atom is -0.370 e. The first-order chi connectivity index (χ1) is 7.66. The van der Waals surface area contributed by atoms with Gasteiger partial charge in [0.1, 0.15) is 0 Å². The summed E-state index contributed by atoms with van der Waals surface area (Å²) in [6, 6.07) is 1.04. The van der Waals surface area contributed by atoms with Crippen LogP contribution in [0.2, 0.25) is 0 Å². The molecule has 0 saturated heterocycles. The summed E-state index contributed by atoms with van der Waals surface area (Å²) in [5.41, 5.74) is 5.90. The molecule has 16 heavy (non-hydrogen) atoms. The minimum absolute atomic E-state index is 0.479. The highest BCUT2D eigenvalue weighted by atomic mass is 15.3. The van der Waals surface area contributed by atoms with Crippen molar-refractivity contribution in [3.05, 3.63) is 0 Å². The molecule has 0 radical (unpaired) electrons. The van der Waals surface area contributed by atoms with E-state index in [-0.39, 0.29) is 0 Å². The number of nitrogens with two attached hydrogens (primary N) is 1. The summed E-state index contributed by atoms with van der Waals surface area (Å²) in [6.45, 7) is 7.54. The van der Waals surface area contributed by atoms with Crippen molar-refractivity contribution in [2.45, 2.75) is 71.4 Å². The molecule has 0 saturated carbocycles. The third-order valence-corrected chi connectivity index (χ3v) is 3.32. The molecule has 94 valence electrons. The Morgan fingerprint density at radius 1 is 1.31 bits per heavy atom. The Labute approximate surface area is 100 Å². The fourth-order valence-electron chi connectivity index (χ4n) is 2.46. The number of hydrogen-bond acceptors (Lipinski definition) is 3. The first-order valence-electron chi connectivity index (χ1n) is 6.75. The molecule has 3 heteroatoms. The van der Waals surface area contributed by atoms with Crippen LogP contribution in [0.3, 0.4) is 0 Å². The molecule has 3 nitrogen and oxygen atoms in total. The first kappa shape index (κ1) is 13.3. The van der Waals surface area contributed by atoms with E-state index in [1.54, 1.807) is 0 Å². The van der Waals surface area contributed by atoms with Crippen LogP contribution in [0.1, 0.15) is 59.3 Å². The molecule has 0 amide bonds. The van der Waals surface area contributed by atoms with Crippen molar-refractivity contribution in [2.75, 3.05) is 6.54 Å². The number of nitrogens with zero attached hydrogens (tertiary/aromatic N) is 2. The molecular weight excluding hydrogens is 198 g/mol. The monoisotopic (exact) mass is 225 g/mol. The van der Waals surface area contributed by atoms with E-state index in [9.17, 15) is 0 Å². The molecule has 1 unspecified atom stereocenters. The third-order valence-electron chi connectivity index (χ3n) is 3.32. The van der Waals surface area contributed by atoms with Gasteiger partial charge >= 0.3 is 0 Å². The van der Waals surface area contributed by atoms with Crippen molar-refractivity contribution in [1.29, 1.82) is 0 Å². The zero-order valence-electron chi connectivity index (χ0n) is 11.1. The van der Waals surface area contributed by atoms with Crippen molar-refractivity contribution in [2.24, 2.45) is 10.7 Å². The van der Waals surface area contributed by atoms with E-state index in [4.69, 9.17) is 5.73 Å². The smallest absolute Gasteiger partial charge is 0.191 e. The normalized spacial score (nSPS) is 20.6. The Bertz CT molecular complexity index is 223. The number of unbranched alkanes of at least 4 members (excludes halogenated alkanes) is 4. The fraction of sp³-hybridized carbons (Fsp3) is 0.923. The fourth-order valence-corrected chi connectivity index (χ4v) is 2.46.